The first-order valence-corrected chi connectivity index (χ1v) is 13.5. The van der Waals surface area contributed by atoms with Crippen molar-refractivity contribution in [2.24, 2.45) is 0 Å². The minimum atomic E-state index is -0.563. The zero-order valence-corrected chi connectivity index (χ0v) is 22.3. The first-order chi connectivity index (χ1) is 17.9. The molecule has 3 amide bonds. The molecule has 0 saturated heterocycles. The summed E-state index contributed by atoms with van der Waals surface area (Å²) >= 11 is 6.05. The Morgan fingerprint density at radius 3 is 2.43 bits per heavy atom. The fraction of sp³-hybridized carbons (Fsp3) is 0.367. The Morgan fingerprint density at radius 2 is 1.73 bits per heavy atom. The van der Waals surface area contributed by atoms with Crippen molar-refractivity contribution in [2.75, 3.05) is 18.0 Å². The number of benzene rings is 3. The fourth-order valence-electron chi connectivity index (χ4n) is 4.95. The Morgan fingerprint density at radius 1 is 1.00 bits per heavy atom. The first-order valence-electron chi connectivity index (χ1n) is 13.1. The maximum absolute atomic E-state index is 13.5. The van der Waals surface area contributed by atoms with Crippen LogP contribution in [0.25, 0.3) is 10.8 Å². The van der Waals surface area contributed by atoms with Gasteiger partial charge in [0.1, 0.15) is 6.04 Å². The second-order valence-electron chi connectivity index (χ2n) is 9.46. The van der Waals surface area contributed by atoms with Crippen molar-refractivity contribution in [3.63, 3.8) is 0 Å². The zero-order chi connectivity index (χ0) is 26.4. The number of hydrogen-bond donors (Lipinski definition) is 1. The third kappa shape index (κ3) is 5.96. The van der Waals surface area contributed by atoms with E-state index in [1.165, 1.54) is 0 Å². The third-order valence-corrected chi connectivity index (χ3v) is 7.16. The maximum atomic E-state index is 13.5. The SMILES string of the molecule is CCCCNC(=O)[C@@H](CC)N(Cc1ccc(Cl)cc1)C(=O)CCCN1C(=O)c2cccc3cccc1c23. The van der Waals surface area contributed by atoms with E-state index >= 15 is 0 Å². The van der Waals surface area contributed by atoms with Crippen LogP contribution in [0.3, 0.4) is 0 Å². The summed E-state index contributed by atoms with van der Waals surface area (Å²) in [6.45, 7) is 5.35. The maximum Gasteiger partial charge on any atom is 0.258 e. The van der Waals surface area contributed by atoms with Crippen LogP contribution < -0.4 is 10.2 Å². The van der Waals surface area contributed by atoms with E-state index in [1.807, 2.05) is 55.5 Å². The van der Waals surface area contributed by atoms with E-state index in [4.69, 9.17) is 11.6 Å². The number of nitrogens with one attached hydrogen (secondary N) is 1. The van der Waals surface area contributed by atoms with Gasteiger partial charge in [-0.15, -0.1) is 0 Å². The summed E-state index contributed by atoms with van der Waals surface area (Å²) in [6, 6.07) is 18.5. The predicted molar refractivity (Wildman–Crippen MR) is 149 cm³/mol. The predicted octanol–water partition coefficient (Wildman–Crippen LogP) is 5.96. The van der Waals surface area contributed by atoms with E-state index in [0.717, 1.165) is 34.9 Å². The van der Waals surface area contributed by atoms with Gasteiger partial charge in [-0.25, -0.2) is 0 Å². The molecule has 1 N–H and O–H groups in total. The molecule has 37 heavy (non-hydrogen) atoms. The monoisotopic (exact) mass is 519 g/mol. The standard InChI is InChI=1S/C30H34ClN3O3/c1-3-5-18-32-29(36)25(4-2)34(20-21-14-16-23(31)17-15-21)27(35)13-8-19-33-26-12-7-10-22-9-6-11-24(28(22)26)30(33)37/h6-7,9-12,14-17,25H,3-5,8,13,18-20H2,1-2H3,(H,32,36)/t25-/m1/s1. The summed E-state index contributed by atoms with van der Waals surface area (Å²) < 4.78 is 0. The van der Waals surface area contributed by atoms with Crippen LogP contribution in [0.15, 0.2) is 60.7 Å². The second-order valence-corrected chi connectivity index (χ2v) is 9.89. The van der Waals surface area contributed by atoms with Crippen molar-refractivity contribution in [2.45, 2.75) is 58.5 Å². The van der Waals surface area contributed by atoms with Crippen LogP contribution in [0, 0.1) is 0 Å². The smallest absolute Gasteiger partial charge is 0.258 e. The molecule has 6 nitrogen and oxygen atoms in total. The summed E-state index contributed by atoms with van der Waals surface area (Å²) in [5.74, 6) is -0.260. The van der Waals surface area contributed by atoms with Gasteiger partial charge in [-0.2, -0.15) is 0 Å². The molecule has 194 valence electrons. The zero-order valence-electron chi connectivity index (χ0n) is 21.5. The van der Waals surface area contributed by atoms with Crippen LogP contribution in [0.2, 0.25) is 5.02 Å². The van der Waals surface area contributed by atoms with Crippen LogP contribution in [-0.4, -0.2) is 41.8 Å². The van der Waals surface area contributed by atoms with Crippen molar-refractivity contribution in [3.8, 4) is 0 Å². The Labute approximate surface area is 223 Å². The molecule has 0 bridgehead atoms. The molecular weight excluding hydrogens is 486 g/mol. The van der Waals surface area contributed by atoms with Gasteiger partial charge >= 0.3 is 0 Å². The number of carbonyl (C=O) groups is 3. The van der Waals surface area contributed by atoms with E-state index in [0.29, 0.717) is 43.1 Å². The minimum Gasteiger partial charge on any atom is -0.354 e. The van der Waals surface area contributed by atoms with Gasteiger partial charge in [-0.05, 0) is 54.5 Å². The number of rotatable bonds is 12. The Hall–Kier alpha value is -3.38. The fourth-order valence-corrected chi connectivity index (χ4v) is 5.07. The van der Waals surface area contributed by atoms with E-state index in [2.05, 4.69) is 12.2 Å². The van der Waals surface area contributed by atoms with Gasteiger partial charge in [0.2, 0.25) is 11.8 Å². The molecule has 3 aromatic carbocycles. The highest BCUT2D eigenvalue weighted by atomic mass is 35.5. The lowest BCUT2D eigenvalue weighted by Gasteiger charge is -2.31. The summed E-state index contributed by atoms with van der Waals surface area (Å²) in [5, 5.41) is 5.62. The number of halogens is 1. The summed E-state index contributed by atoms with van der Waals surface area (Å²) in [7, 11) is 0. The highest BCUT2D eigenvalue weighted by Crippen LogP contribution is 2.37. The number of nitrogens with zero attached hydrogens (tertiary/aromatic N) is 2. The van der Waals surface area contributed by atoms with Gasteiger partial charge in [-0.3, -0.25) is 14.4 Å². The van der Waals surface area contributed by atoms with Crippen LogP contribution in [0.4, 0.5) is 5.69 Å². The van der Waals surface area contributed by atoms with E-state index in [-0.39, 0.29) is 24.1 Å². The van der Waals surface area contributed by atoms with Crippen LogP contribution >= 0.6 is 11.6 Å². The van der Waals surface area contributed by atoms with Gasteiger partial charge in [0.25, 0.3) is 5.91 Å². The first kappa shape index (κ1) is 26.7. The number of carbonyl (C=O) groups excluding carboxylic acids is 3. The molecular formula is C30H34ClN3O3. The van der Waals surface area contributed by atoms with E-state index < -0.39 is 6.04 Å². The van der Waals surface area contributed by atoms with Crippen molar-refractivity contribution >= 4 is 45.8 Å². The molecule has 0 unspecified atom stereocenters. The van der Waals surface area contributed by atoms with Gasteiger partial charge in [0.15, 0.2) is 0 Å². The van der Waals surface area contributed by atoms with Crippen molar-refractivity contribution in [1.82, 2.24) is 10.2 Å². The lowest BCUT2D eigenvalue weighted by Crippen LogP contribution is -2.49. The van der Waals surface area contributed by atoms with E-state index in [1.54, 1.807) is 21.9 Å². The summed E-state index contributed by atoms with van der Waals surface area (Å²) in [6.07, 6.45) is 3.13. The van der Waals surface area contributed by atoms with Crippen molar-refractivity contribution in [3.05, 3.63) is 76.8 Å². The van der Waals surface area contributed by atoms with Crippen LogP contribution in [0.1, 0.15) is 61.9 Å². The van der Waals surface area contributed by atoms with Gasteiger partial charge in [0.05, 0.1) is 5.69 Å². The lowest BCUT2D eigenvalue weighted by molar-refractivity contribution is -0.141. The minimum absolute atomic E-state index is 0.0287. The molecule has 0 saturated carbocycles. The summed E-state index contributed by atoms with van der Waals surface area (Å²) in [4.78, 5) is 43.1. The van der Waals surface area contributed by atoms with Crippen LogP contribution in [0.5, 0.6) is 0 Å². The molecule has 1 aliphatic heterocycles. The molecule has 0 spiro atoms. The van der Waals surface area contributed by atoms with Gasteiger partial charge in [-0.1, -0.05) is 68.3 Å². The number of anilines is 1. The Bertz CT molecular complexity index is 1270. The van der Waals surface area contributed by atoms with Crippen molar-refractivity contribution < 1.29 is 14.4 Å². The Kier molecular flexibility index (Phi) is 8.82. The quantitative estimate of drug-likeness (QED) is 0.300. The summed E-state index contributed by atoms with van der Waals surface area (Å²) in [5.41, 5.74) is 2.51. The molecule has 0 aromatic heterocycles. The number of hydrogen-bond acceptors (Lipinski definition) is 3. The largest absolute Gasteiger partial charge is 0.354 e. The normalized spacial score (nSPS) is 13.2. The number of amides is 3. The molecule has 4 rings (SSSR count). The third-order valence-electron chi connectivity index (χ3n) is 6.90. The molecule has 3 aromatic rings. The molecule has 7 heteroatoms. The molecule has 1 heterocycles. The molecule has 0 fully saturated rings. The molecule has 0 aliphatic carbocycles. The molecule has 1 aliphatic rings. The molecule has 1 atom stereocenters. The average molecular weight is 520 g/mol. The Balaban J connectivity index is 1.46. The lowest BCUT2D eigenvalue weighted by atomic mass is 10.1. The highest BCUT2D eigenvalue weighted by Gasteiger charge is 2.31. The second kappa shape index (κ2) is 12.2. The number of unbranched alkanes of at least 4 members (excludes halogenated alkanes) is 1. The average Bonchev–Trinajstić information content (AvgIpc) is 3.18. The highest BCUT2D eigenvalue weighted by molar-refractivity contribution is 6.30. The van der Waals surface area contributed by atoms with Crippen molar-refractivity contribution in [1.29, 1.82) is 0 Å². The van der Waals surface area contributed by atoms with E-state index in [9.17, 15) is 14.4 Å². The van der Waals surface area contributed by atoms with Gasteiger partial charge in [0, 0.05) is 42.0 Å². The topological polar surface area (TPSA) is 69.7 Å². The molecule has 0 radical (unpaired) electrons. The van der Waals surface area contributed by atoms with Crippen LogP contribution in [-0.2, 0) is 16.1 Å². The van der Waals surface area contributed by atoms with Gasteiger partial charge < -0.3 is 15.1 Å².